The van der Waals surface area contributed by atoms with Gasteiger partial charge in [-0.05, 0) is 30.3 Å². The van der Waals surface area contributed by atoms with E-state index in [0.717, 1.165) is 27.8 Å². The van der Waals surface area contributed by atoms with Gasteiger partial charge in [0.15, 0.2) is 0 Å². The molecule has 0 saturated heterocycles. The Labute approximate surface area is 121 Å². The van der Waals surface area contributed by atoms with Crippen LogP contribution >= 0.6 is 12.2 Å². The van der Waals surface area contributed by atoms with Crippen LogP contribution in [0.3, 0.4) is 0 Å². The Hall–Kier alpha value is -2.53. The van der Waals surface area contributed by atoms with Crippen molar-refractivity contribution in [3.05, 3.63) is 60.6 Å². The molecule has 0 aliphatic rings. The van der Waals surface area contributed by atoms with Crippen LogP contribution in [-0.2, 0) is 0 Å². The van der Waals surface area contributed by atoms with Gasteiger partial charge >= 0.3 is 0 Å². The Kier molecular flexibility index (Phi) is 3.26. The summed E-state index contributed by atoms with van der Waals surface area (Å²) in [6.07, 6.45) is 5.16. The van der Waals surface area contributed by atoms with E-state index in [9.17, 15) is 0 Å². The number of benzene rings is 1. The highest BCUT2D eigenvalue weighted by Crippen LogP contribution is 2.23. The second-order valence-electron chi connectivity index (χ2n) is 4.32. The molecule has 1 aromatic carbocycles. The normalized spacial score (nSPS) is 10.4. The van der Waals surface area contributed by atoms with E-state index in [2.05, 4.69) is 15.3 Å². The third kappa shape index (κ3) is 2.44. The van der Waals surface area contributed by atoms with Crippen LogP contribution in [0.1, 0.15) is 5.56 Å². The zero-order valence-corrected chi connectivity index (χ0v) is 11.4. The minimum absolute atomic E-state index is 0.345. The molecule has 0 aliphatic heterocycles. The average Bonchev–Trinajstić information content (AvgIpc) is 2.47. The van der Waals surface area contributed by atoms with Crippen LogP contribution in [0.2, 0.25) is 0 Å². The third-order valence-electron chi connectivity index (χ3n) is 2.97. The van der Waals surface area contributed by atoms with Gasteiger partial charge in [0.1, 0.15) is 4.99 Å². The summed E-state index contributed by atoms with van der Waals surface area (Å²) in [4.78, 5) is 8.74. The molecule has 3 aromatic rings. The average molecular weight is 280 g/mol. The van der Waals surface area contributed by atoms with Crippen molar-refractivity contribution >= 4 is 39.5 Å². The van der Waals surface area contributed by atoms with Crippen LogP contribution in [0.5, 0.6) is 0 Å². The first kappa shape index (κ1) is 12.5. The molecule has 5 heteroatoms. The van der Waals surface area contributed by atoms with Gasteiger partial charge in [0.25, 0.3) is 0 Å². The molecule has 2 heterocycles. The highest BCUT2D eigenvalue weighted by molar-refractivity contribution is 7.80. The maximum Gasteiger partial charge on any atom is 0.106 e. The van der Waals surface area contributed by atoms with Crippen molar-refractivity contribution in [2.75, 3.05) is 5.32 Å². The topological polar surface area (TPSA) is 63.8 Å². The summed E-state index contributed by atoms with van der Waals surface area (Å²) in [6.45, 7) is 0. The number of rotatable bonds is 3. The Bertz CT molecular complexity index is 785. The minimum atomic E-state index is 0.345. The van der Waals surface area contributed by atoms with E-state index in [-0.39, 0.29) is 0 Å². The predicted octanol–water partition coefficient (Wildman–Crippen LogP) is 3.01. The molecule has 3 rings (SSSR count). The van der Waals surface area contributed by atoms with Gasteiger partial charge in [0.2, 0.25) is 0 Å². The van der Waals surface area contributed by atoms with E-state index in [1.165, 1.54) is 0 Å². The molecule has 0 radical (unpaired) electrons. The van der Waals surface area contributed by atoms with Gasteiger partial charge in [-0.15, -0.1) is 0 Å². The molecule has 2 aromatic heterocycles. The lowest BCUT2D eigenvalue weighted by Gasteiger charge is -2.11. The van der Waals surface area contributed by atoms with Crippen LogP contribution in [-0.4, -0.2) is 15.0 Å². The van der Waals surface area contributed by atoms with Gasteiger partial charge in [-0.2, -0.15) is 0 Å². The van der Waals surface area contributed by atoms with Crippen molar-refractivity contribution in [3.8, 4) is 0 Å². The Morgan fingerprint density at radius 2 is 2.05 bits per heavy atom. The maximum atomic E-state index is 5.71. The molecule has 0 bridgehead atoms. The van der Waals surface area contributed by atoms with Crippen LogP contribution in [0, 0.1) is 0 Å². The monoisotopic (exact) mass is 280 g/mol. The molecule has 0 spiro atoms. The fourth-order valence-corrected chi connectivity index (χ4v) is 2.20. The van der Waals surface area contributed by atoms with Gasteiger partial charge in [-0.25, -0.2) is 0 Å². The van der Waals surface area contributed by atoms with Crippen molar-refractivity contribution in [2.45, 2.75) is 0 Å². The van der Waals surface area contributed by atoms with Gasteiger partial charge in [0.05, 0.1) is 17.4 Å². The summed E-state index contributed by atoms with van der Waals surface area (Å²) in [5.74, 6) is 0. The molecule has 20 heavy (non-hydrogen) atoms. The number of hydrogen-bond donors (Lipinski definition) is 2. The van der Waals surface area contributed by atoms with Gasteiger partial charge < -0.3 is 11.1 Å². The van der Waals surface area contributed by atoms with E-state index < -0.39 is 0 Å². The fourth-order valence-electron chi connectivity index (χ4n) is 2.02. The minimum Gasteiger partial charge on any atom is -0.389 e. The Morgan fingerprint density at radius 3 is 2.90 bits per heavy atom. The molecule has 0 atom stereocenters. The quantitative estimate of drug-likeness (QED) is 0.722. The number of aromatic nitrogens is 2. The smallest absolute Gasteiger partial charge is 0.106 e. The van der Waals surface area contributed by atoms with Crippen LogP contribution < -0.4 is 11.1 Å². The van der Waals surface area contributed by atoms with Gasteiger partial charge in [-0.1, -0.05) is 18.3 Å². The van der Waals surface area contributed by atoms with Crippen LogP contribution in [0.4, 0.5) is 11.4 Å². The zero-order chi connectivity index (χ0) is 13.9. The number of thiocarbonyl (C=S) groups is 1. The largest absolute Gasteiger partial charge is 0.389 e. The number of pyridine rings is 2. The van der Waals surface area contributed by atoms with Crippen LogP contribution in [0.15, 0.2) is 55.0 Å². The lowest BCUT2D eigenvalue weighted by atomic mass is 10.2. The molecule has 0 aliphatic carbocycles. The van der Waals surface area contributed by atoms with Crippen molar-refractivity contribution in [3.63, 3.8) is 0 Å². The van der Waals surface area contributed by atoms with E-state index in [0.29, 0.717) is 4.99 Å². The maximum absolute atomic E-state index is 5.71. The second kappa shape index (κ2) is 5.22. The number of nitrogens with two attached hydrogens (primary N) is 1. The Balaban J connectivity index is 1.99. The number of nitrogens with one attached hydrogen (secondary N) is 1. The first-order valence-electron chi connectivity index (χ1n) is 6.10. The van der Waals surface area contributed by atoms with E-state index in [1.807, 2.05) is 30.3 Å². The molecule has 4 nitrogen and oxygen atoms in total. The lowest BCUT2D eigenvalue weighted by molar-refractivity contribution is 1.31. The number of nitrogens with zero attached hydrogens (tertiary/aromatic N) is 2. The predicted molar refractivity (Wildman–Crippen MR) is 85.2 cm³/mol. The molecular formula is C15H12N4S. The third-order valence-corrected chi connectivity index (χ3v) is 3.19. The SMILES string of the molecule is NC(=S)c1ccncc1Nc1ccc2ncccc2c1. The molecule has 98 valence electrons. The molecule has 0 amide bonds. The summed E-state index contributed by atoms with van der Waals surface area (Å²) in [7, 11) is 0. The first-order valence-corrected chi connectivity index (χ1v) is 6.50. The molecule has 0 fully saturated rings. The fraction of sp³-hybridized carbons (Fsp3) is 0. The first-order chi connectivity index (χ1) is 9.74. The molecular weight excluding hydrogens is 268 g/mol. The molecule has 0 saturated carbocycles. The summed E-state index contributed by atoms with van der Waals surface area (Å²) in [5.41, 5.74) is 9.18. The van der Waals surface area contributed by atoms with E-state index in [4.69, 9.17) is 18.0 Å². The lowest BCUT2D eigenvalue weighted by Crippen LogP contribution is -2.12. The zero-order valence-electron chi connectivity index (χ0n) is 10.6. The summed E-state index contributed by atoms with van der Waals surface area (Å²) < 4.78 is 0. The number of anilines is 2. The number of hydrogen-bond acceptors (Lipinski definition) is 4. The highest BCUT2D eigenvalue weighted by atomic mass is 32.1. The van der Waals surface area contributed by atoms with Gasteiger partial charge in [-0.3, -0.25) is 9.97 Å². The van der Waals surface area contributed by atoms with Crippen LogP contribution in [0.25, 0.3) is 10.9 Å². The molecule has 0 unspecified atom stereocenters. The van der Waals surface area contributed by atoms with Crippen molar-refractivity contribution in [2.24, 2.45) is 5.73 Å². The van der Waals surface area contributed by atoms with Crippen molar-refractivity contribution < 1.29 is 0 Å². The summed E-state index contributed by atoms with van der Waals surface area (Å²) >= 11 is 5.04. The van der Waals surface area contributed by atoms with Crippen molar-refractivity contribution in [1.82, 2.24) is 9.97 Å². The van der Waals surface area contributed by atoms with E-state index in [1.54, 1.807) is 24.7 Å². The highest BCUT2D eigenvalue weighted by Gasteiger charge is 2.05. The Morgan fingerprint density at radius 1 is 1.15 bits per heavy atom. The van der Waals surface area contributed by atoms with E-state index >= 15 is 0 Å². The van der Waals surface area contributed by atoms with Gasteiger partial charge in [0, 0.05) is 29.0 Å². The molecule has 3 N–H and O–H groups in total. The standard InChI is InChI=1S/C15H12N4S/c16-15(20)12-5-7-17-9-14(12)19-11-3-4-13-10(8-11)2-1-6-18-13/h1-9,19H,(H2,16,20). The summed E-state index contributed by atoms with van der Waals surface area (Å²) in [6, 6.07) is 11.7. The summed E-state index contributed by atoms with van der Waals surface area (Å²) in [5, 5.41) is 4.36. The number of fused-ring (bicyclic) bond motifs is 1. The second-order valence-corrected chi connectivity index (χ2v) is 4.76. The van der Waals surface area contributed by atoms with Crippen molar-refractivity contribution in [1.29, 1.82) is 0 Å².